The fourth-order valence-corrected chi connectivity index (χ4v) is 2.82. The third-order valence-corrected chi connectivity index (χ3v) is 4.27. The van der Waals surface area contributed by atoms with Gasteiger partial charge in [-0.15, -0.1) is 0 Å². The Morgan fingerprint density at radius 1 is 1.47 bits per heavy atom. The van der Waals surface area contributed by atoms with E-state index in [9.17, 15) is 9.90 Å². The molecule has 0 aromatic carbocycles. The van der Waals surface area contributed by atoms with Gasteiger partial charge in [0, 0.05) is 30.5 Å². The van der Waals surface area contributed by atoms with Crippen molar-refractivity contribution in [3.05, 3.63) is 23.0 Å². The molecule has 1 saturated carbocycles. The van der Waals surface area contributed by atoms with E-state index in [1.165, 1.54) is 0 Å². The van der Waals surface area contributed by atoms with Gasteiger partial charge in [0.1, 0.15) is 0 Å². The molecule has 1 N–H and O–H groups in total. The smallest absolute Gasteiger partial charge is 0.178 e. The van der Waals surface area contributed by atoms with E-state index in [2.05, 4.69) is 9.47 Å². The normalized spacial score (nSPS) is 22.6. The molecule has 1 aliphatic carbocycles. The maximum atomic E-state index is 12.3. The molecule has 1 aromatic heterocycles. The molecule has 0 bridgehead atoms. The number of aliphatic hydroxyl groups excluding tert-OH is 1. The van der Waals surface area contributed by atoms with E-state index < -0.39 is 0 Å². The Kier molecular flexibility index (Phi) is 4.11. The summed E-state index contributed by atoms with van der Waals surface area (Å²) in [6.07, 6.45) is 1.64. The predicted octanol–water partition coefficient (Wildman–Crippen LogP) is 1.53. The number of likely N-dealkylation sites (N-methyl/N-ethyl adjacent to an activating group) is 1. The molecule has 0 spiro atoms. The number of hydrogen-bond donors (Lipinski definition) is 1. The van der Waals surface area contributed by atoms with Crippen molar-refractivity contribution in [3.63, 3.8) is 0 Å². The molecule has 0 amide bonds. The Morgan fingerprint density at radius 3 is 2.58 bits per heavy atom. The monoisotopic (exact) mass is 264 g/mol. The summed E-state index contributed by atoms with van der Waals surface area (Å²) in [4.78, 5) is 14.4. The fraction of sp³-hybridized carbons (Fsp3) is 0.667. The van der Waals surface area contributed by atoms with Gasteiger partial charge in [-0.25, -0.2) is 0 Å². The van der Waals surface area contributed by atoms with Crippen molar-refractivity contribution in [2.24, 2.45) is 13.0 Å². The Morgan fingerprint density at radius 2 is 2.11 bits per heavy atom. The van der Waals surface area contributed by atoms with E-state index in [1.54, 1.807) is 0 Å². The second-order valence-corrected chi connectivity index (χ2v) is 5.96. The molecule has 0 saturated heterocycles. The highest BCUT2D eigenvalue weighted by Gasteiger charge is 2.28. The number of aryl methyl sites for hydroxylation is 1. The number of aromatic nitrogens is 1. The van der Waals surface area contributed by atoms with Crippen LogP contribution in [0.4, 0.5) is 0 Å². The number of carbonyl (C=O) groups excluding carboxylic acids is 1. The molecule has 4 nitrogen and oxygen atoms in total. The maximum Gasteiger partial charge on any atom is 0.178 e. The van der Waals surface area contributed by atoms with Gasteiger partial charge < -0.3 is 9.67 Å². The Labute approximate surface area is 115 Å². The molecule has 0 atom stereocenters. The van der Waals surface area contributed by atoms with Gasteiger partial charge in [-0.05, 0) is 45.7 Å². The minimum absolute atomic E-state index is 0.117. The van der Waals surface area contributed by atoms with Gasteiger partial charge in [0.25, 0.3) is 0 Å². The molecule has 0 unspecified atom stereocenters. The van der Waals surface area contributed by atoms with Crippen molar-refractivity contribution in [2.75, 3.05) is 20.1 Å². The van der Waals surface area contributed by atoms with Gasteiger partial charge in [-0.2, -0.15) is 0 Å². The average Bonchev–Trinajstić information content (AvgIpc) is 2.55. The third-order valence-electron chi connectivity index (χ3n) is 4.27. The molecule has 1 aliphatic rings. The minimum Gasteiger partial charge on any atom is -0.393 e. The van der Waals surface area contributed by atoms with Crippen LogP contribution >= 0.6 is 0 Å². The number of ketones is 1. The zero-order valence-corrected chi connectivity index (χ0v) is 12.3. The summed E-state index contributed by atoms with van der Waals surface area (Å²) in [7, 11) is 3.97. The SMILES string of the molecule is Cc1cc(C(=O)CN(C)CC2CC(O)C2)c(C)n1C. The first-order valence-corrected chi connectivity index (χ1v) is 6.91. The highest BCUT2D eigenvalue weighted by molar-refractivity contribution is 5.99. The molecule has 1 fully saturated rings. The number of Topliss-reactive ketones (excluding diaryl/α,β-unsaturated/α-hetero) is 1. The van der Waals surface area contributed by atoms with Crippen molar-refractivity contribution >= 4 is 5.78 Å². The summed E-state index contributed by atoms with van der Waals surface area (Å²) >= 11 is 0. The fourth-order valence-electron chi connectivity index (χ4n) is 2.82. The quantitative estimate of drug-likeness (QED) is 0.820. The van der Waals surface area contributed by atoms with E-state index in [4.69, 9.17) is 0 Å². The summed E-state index contributed by atoms with van der Waals surface area (Å²) in [5.74, 6) is 0.731. The summed E-state index contributed by atoms with van der Waals surface area (Å²) in [5.41, 5.74) is 2.99. The van der Waals surface area contributed by atoms with Crippen LogP contribution in [0.3, 0.4) is 0 Å². The Hall–Kier alpha value is -1.13. The van der Waals surface area contributed by atoms with E-state index in [0.29, 0.717) is 12.5 Å². The zero-order valence-electron chi connectivity index (χ0n) is 12.3. The lowest BCUT2D eigenvalue weighted by Crippen LogP contribution is -2.38. The number of hydrogen-bond acceptors (Lipinski definition) is 3. The van der Waals surface area contributed by atoms with Crippen molar-refractivity contribution in [1.82, 2.24) is 9.47 Å². The second-order valence-electron chi connectivity index (χ2n) is 5.96. The van der Waals surface area contributed by atoms with Crippen LogP contribution in [0.25, 0.3) is 0 Å². The molecule has 0 aliphatic heterocycles. The van der Waals surface area contributed by atoms with Crippen LogP contribution in [0, 0.1) is 19.8 Å². The average molecular weight is 264 g/mol. The lowest BCUT2D eigenvalue weighted by atomic mass is 9.82. The first kappa shape index (κ1) is 14.3. The highest BCUT2D eigenvalue weighted by Crippen LogP contribution is 2.27. The van der Waals surface area contributed by atoms with Crippen LogP contribution in [-0.4, -0.2) is 46.6 Å². The first-order valence-electron chi connectivity index (χ1n) is 6.91. The van der Waals surface area contributed by atoms with Crippen molar-refractivity contribution in [1.29, 1.82) is 0 Å². The van der Waals surface area contributed by atoms with E-state index >= 15 is 0 Å². The summed E-state index contributed by atoms with van der Waals surface area (Å²) in [5, 5.41) is 9.27. The summed E-state index contributed by atoms with van der Waals surface area (Å²) in [6.45, 7) is 5.36. The number of rotatable bonds is 5. The van der Waals surface area contributed by atoms with E-state index in [0.717, 1.165) is 36.3 Å². The second kappa shape index (κ2) is 5.47. The molecular formula is C15H24N2O2. The van der Waals surface area contributed by atoms with Crippen LogP contribution in [-0.2, 0) is 7.05 Å². The molecule has 106 valence electrons. The van der Waals surface area contributed by atoms with Crippen LogP contribution in [0.2, 0.25) is 0 Å². The van der Waals surface area contributed by atoms with Gasteiger partial charge in [0.2, 0.25) is 0 Å². The number of carbonyl (C=O) groups is 1. The van der Waals surface area contributed by atoms with Gasteiger partial charge >= 0.3 is 0 Å². The summed E-state index contributed by atoms with van der Waals surface area (Å²) < 4.78 is 2.05. The molecule has 4 heteroatoms. The number of aliphatic hydroxyl groups is 1. The van der Waals surface area contributed by atoms with E-state index in [-0.39, 0.29) is 11.9 Å². The van der Waals surface area contributed by atoms with Gasteiger partial charge in [0.15, 0.2) is 5.78 Å². The van der Waals surface area contributed by atoms with E-state index in [1.807, 2.05) is 34.0 Å². The standard InChI is InChI=1S/C15H24N2O2/c1-10-5-14(11(2)17(10)4)15(19)9-16(3)8-12-6-13(18)7-12/h5,12-13,18H,6-9H2,1-4H3. The third kappa shape index (κ3) is 3.07. The van der Waals surface area contributed by atoms with Gasteiger partial charge in [-0.3, -0.25) is 9.69 Å². The molecule has 19 heavy (non-hydrogen) atoms. The lowest BCUT2D eigenvalue weighted by molar-refractivity contribution is 0.0286. The van der Waals surface area contributed by atoms with Crippen molar-refractivity contribution in [2.45, 2.75) is 32.8 Å². The predicted molar refractivity (Wildman–Crippen MR) is 75.4 cm³/mol. The van der Waals surface area contributed by atoms with Crippen molar-refractivity contribution in [3.8, 4) is 0 Å². The molecule has 2 rings (SSSR count). The van der Waals surface area contributed by atoms with Gasteiger partial charge in [-0.1, -0.05) is 0 Å². The van der Waals surface area contributed by atoms with Crippen LogP contribution in [0.5, 0.6) is 0 Å². The Bertz CT molecular complexity index is 473. The molecule has 1 heterocycles. The first-order chi connectivity index (χ1) is 8.88. The van der Waals surface area contributed by atoms with Crippen LogP contribution < -0.4 is 0 Å². The molecule has 0 radical (unpaired) electrons. The lowest BCUT2D eigenvalue weighted by Gasteiger charge is -2.34. The van der Waals surface area contributed by atoms with Crippen LogP contribution in [0.15, 0.2) is 6.07 Å². The molecular weight excluding hydrogens is 240 g/mol. The largest absolute Gasteiger partial charge is 0.393 e. The Balaban J connectivity index is 1.91. The van der Waals surface area contributed by atoms with Crippen LogP contribution in [0.1, 0.15) is 34.6 Å². The minimum atomic E-state index is -0.117. The zero-order chi connectivity index (χ0) is 14.2. The number of nitrogens with zero attached hydrogens (tertiary/aromatic N) is 2. The van der Waals surface area contributed by atoms with Gasteiger partial charge in [0.05, 0.1) is 12.6 Å². The highest BCUT2D eigenvalue weighted by atomic mass is 16.3. The topological polar surface area (TPSA) is 45.5 Å². The molecule has 1 aromatic rings. The maximum absolute atomic E-state index is 12.3. The van der Waals surface area contributed by atoms with Crippen molar-refractivity contribution < 1.29 is 9.90 Å². The summed E-state index contributed by atoms with van der Waals surface area (Å²) in [6, 6.07) is 1.97.